The van der Waals surface area contributed by atoms with Gasteiger partial charge in [0.1, 0.15) is 16.1 Å². The summed E-state index contributed by atoms with van der Waals surface area (Å²) in [5, 5.41) is 5.48. The fourth-order valence-corrected chi connectivity index (χ4v) is 2.56. The van der Waals surface area contributed by atoms with Gasteiger partial charge in [-0.05, 0) is 24.6 Å². The summed E-state index contributed by atoms with van der Waals surface area (Å²) < 4.78 is 1.46. The molecule has 3 aromatic rings. The van der Waals surface area contributed by atoms with E-state index in [0.717, 1.165) is 5.56 Å². The Morgan fingerprint density at radius 1 is 1.00 bits per heavy atom. The Morgan fingerprint density at radius 3 is 2.37 bits per heavy atom. The number of nitrogens with zero attached hydrogens (tertiary/aromatic N) is 4. The van der Waals surface area contributed by atoms with Crippen molar-refractivity contribution in [3.05, 3.63) is 45.4 Å². The van der Waals surface area contributed by atoms with Crippen LogP contribution in [0, 0.1) is 6.92 Å². The average molecular weight is 314 g/mol. The molecule has 0 saturated carbocycles. The van der Waals surface area contributed by atoms with Gasteiger partial charge in [-0.3, -0.25) is 0 Å². The minimum absolute atomic E-state index is 0.284. The van der Waals surface area contributed by atoms with Gasteiger partial charge in [0.05, 0.1) is 5.56 Å². The molecule has 2 heterocycles. The number of hydrogen-bond acceptors (Lipinski definition) is 3. The number of fused-ring (bicyclic) bond motifs is 1. The van der Waals surface area contributed by atoms with E-state index in [0.29, 0.717) is 27.3 Å². The third-order valence-electron chi connectivity index (χ3n) is 2.63. The molecule has 19 heavy (non-hydrogen) atoms. The van der Waals surface area contributed by atoms with E-state index >= 15 is 0 Å². The minimum atomic E-state index is 0.284. The second kappa shape index (κ2) is 4.63. The highest BCUT2D eigenvalue weighted by Crippen LogP contribution is 2.34. The Bertz CT molecular complexity index is 765. The van der Waals surface area contributed by atoms with Crippen LogP contribution in [0.1, 0.15) is 5.82 Å². The fourth-order valence-electron chi connectivity index (χ4n) is 1.80. The number of hydrogen-bond donors (Lipinski definition) is 0. The normalized spacial score (nSPS) is 11.2. The number of aromatic nitrogens is 4. The molecule has 96 valence electrons. The number of aryl methyl sites for hydroxylation is 1. The molecule has 0 amide bonds. The van der Waals surface area contributed by atoms with E-state index in [9.17, 15) is 0 Å². The average Bonchev–Trinajstić information content (AvgIpc) is 2.72. The van der Waals surface area contributed by atoms with E-state index in [-0.39, 0.29) is 5.15 Å². The zero-order valence-electron chi connectivity index (χ0n) is 9.73. The molecule has 7 heteroatoms. The van der Waals surface area contributed by atoms with Crippen LogP contribution in [0.5, 0.6) is 0 Å². The summed E-state index contributed by atoms with van der Waals surface area (Å²) in [7, 11) is 0. The van der Waals surface area contributed by atoms with Crippen LogP contribution in [0.3, 0.4) is 0 Å². The Kier molecular flexibility index (Phi) is 3.09. The van der Waals surface area contributed by atoms with Crippen LogP contribution in [0.15, 0.2) is 24.3 Å². The van der Waals surface area contributed by atoms with Gasteiger partial charge in [-0.25, -0.2) is 0 Å². The Hall–Kier alpha value is -1.36. The smallest absolute Gasteiger partial charge is 0.198 e. The lowest BCUT2D eigenvalue weighted by atomic mass is 10.1. The van der Waals surface area contributed by atoms with Gasteiger partial charge in [0.15, 0.2) is 0 Å². The van der Waals surface area contributed by atoms with Gasteiger partial charge in [0.2, 0.25) is 0 Å². The van der Waals surface area contributed by atoms with Crippen molar-refractivity contribution < 1.29 is 0 Å². The lowest BCUT2D eigenvalue weighted by Crippen LogP contribution is -1.97. The summed E-state index contributed by atoms with van der Waals surface area (Å²) >= 11 is 18.4. The Morgan fingerprint density at radius 2 is 1.68 bits per heavy atom. The molecule has 0 saturated heterocycles. The van der Waals surface area contributed by atoms with E-state index in [4.69, 9.17) is 34.8 Å². The summed E-state index contributed by atoms with van der Waals surface area (Å²) in [6, 6.07) is 7.18. The van der Waals surface area contributed by atoms with Crippen LogP contribution in [0.4, 0.5) is 0 Å². The van der Waals surface area contributed by atoms with Crippen molar-refractivity contribution in [1.29, 1.82) is 0 Å². The molecule has 0 aliphatic heterocycles. The number of rotatable bonds is 1. The van der Waals surface area contributed by atoms with Gasteiger partial charge < -0.3 is 0 Å². The maximum atomic E-state index is 6.34. The predicted octanol–water partition coefficient (Wildman–Crippen LogP) is 4.06. The second-order valence-electron chi connectivity index (χ2n) is 3.95. The maximum Gasteiger partial charge on any atom is 0.255 e. The van der Waals surface area contributed by atoms with E-state index in [1.54, 1.807) is 19.1 Å². The molecule has 3 rings (SSSR count). The highest BCUT2D eigenvalue weighted by Gasteiger charge is 2.16. The van der Waals surface area contributed by atoms with Gasteiger partial charge in [-0.1, -0.05) is 46.9 Å². The monoisotopic (exact) mass is 312 g/mol. The lowest BCUT2D eigenvalue weighted by molar-refractivity contribution is 0.919. The summed E-state index contributed by atoms with van der Waals surface area (Å²) in [5.74, 6) is 0.962. The van der Waals surface area contributed by atoms with Gasteiger partial charge in [0, 0.05) is 5.02 Å². The molecule has 0 N–H and O–H groups in total. The van der Waals surface area contributed by atoms with Crippen LogP contribution < -0.4 is 0 Å². The highest BCUT2D eigenvalue weighted by atomic mass is 35.5. The molecule has 4 nitrogen and oxygen atoms in total. The first-order valence-corrected chi connectivity index (χ1v) is 6.54. The van der Waals surface area contributed by atoms with Crippen LogP contribution in [0.2, 0.25) is 15.3 Å². The molecule has 0 atom stereocenters. The lowest BCUT2D eigenvalue weighted by Gasteiger charge is -2.07. The molecule has 0 bridgehead atoms. The molecule has 2 aromatic heterocycles. The van der Waals surface area contributed by atoms with Gasteiger partial charge in [-0.15, -0.1) is 5.10 Å². The maximum absolute atomic E-state index is 6.34. The molecule has 0 unspecified atom stereocenters. The van der Waals surface area contributed by atoms with Crippen molar-refractivity contribution in [3.8, 4) is 11.1 Å². The standard InChI is InChI=1S/C12H7Cl3N4/c1-6-16-12-17-10(14)9(11(15)19(12)18-6)7-2-4-8(13)5-3-7/h2-5H,1H3. The highest BCUT2D eigenvalue weighted by molar-refractivity contribution is 6.38. The van der Waals surface area contributed by atoms with Crippen molar-refractivity contribution in [3.63, 3.8) is 0 Å². The van der Waals surface area contributed by atoms with Crippen LogP contribution in [-0.2, 0) is 0 Å². The van der Waals surface area contributed by atoms with Crippen molar-refractivity contribution in [2.24, 2.45) is 0 Å². The molecule has 0 spiro atoms. The largest absolute Gasteiger partial charge is 0.255 e. The fraction of sp³-hybridized carbons (Fsp3) is 0.0833. The molecule has 1 aromatic carbocycles. The number of benzene rings is 1. The van der Waals surface area contributed by atoms with E-state index < -0.39 is 0 Å². The topological polar surface area (TPSA) is 43.1 Å². The third-order valence-corrected chi connectivity index (χ3v) is 3.50. The SMILES string of the molecule is Cc1nc2nc(Cl)c(-c3ccc(Cl)cc3)c(Cl)n2n1. The first-order valence-electron chi connectivity index (χ1n) is 5.40. The molecular weight excluding hydrogens is 307 g/mol. The van der Waals surface area contributed by atoms with Crippen LogP contribution in [0.25, 0.3) is 16.9 Å². The zero-order chi connectivity index (χ0) is 13.6. The van der Waals surface area contributed by atoms with E-state index in [1.165, 1.54) is 4.52 Å². The van der Waals surface area contributed by atoms with Gasteiger partial charge in [-0.2, -0.15) is 14.5 Å². The third kappa shape index (κ3) is 2.16. The second-order valence-corrected chi connectivity index (χ2v) is 5.10. The summed E-state index contributed by atoms with van der Waals surface area (Å²) in [4.78, 5) is 8.33. The molecular formula is C12H7Cl3N4. The van der Waals surface area contributed by atoms with Crippen molar-refractivity contribution in [1.82, 2.24) is 19.6 Å². The quantitative estimate of drug-likeness (QED) is 0.636. The number of halogens is 3. The molecule has 0 fully saturated rings. The van der Waals surface area contributed by atoms with Crippen molar-refractivity contribution in [2.75, 3.05) is 0 Å². The molecule has 0 aliphatic rings. The van der Waals surface area contributed by atoms with Crippen molar-refractivity contribution in [2.45, 2.75) is 6.92 Å². The summed E-state index contributed by atoms with van der Waals surface area (Å²) in [6.07, 6.45) is 0. The van der Waals surface area contributed by atoms with Crippen LogP contribution >= 0.6 is 34.8 Å². The molecule has 0 radical (unpaired) electrons. The van der Waals surface area contributed by atoms with Crippen molar-refractivity contribution >= 4 is 40.6 Å². The summed E-state index contributed by atoms with van der Waals surface area (Å²) in [6.45, 7) is 1.76. The minimum Gasteiger partial charge on any atom is -0.198 e. The first kappa shape index (κ1) is 12.7. The Labute approximate surface area is 124 Å². The van der Waals surface area contributed by atoms with Gasteiger partial charge in [0.25, 0.3) is 5.78 Å². The Balaban J connectivity index is 2.31. The zero-order valence-corrected chi connectivity index (χ0v) is 12.0. The van der Waals surface area contributed by atoms with E-state index in [1.807, 2.05) is 12.1 Å². The van der Waals surface area contributed by atoms with Gasteiger partial charge >= 0.3 is 0 Å². The van der Waals surface area contributed by atoms with Crippen LogP contribution in [-0.4, -0.2) is 19.6 Å². The molecule has 0 aliphatic carbocycles. The predicted molar refractivity (Wildman–Crippen MR) is 76.0 cm³/mol. The van der Waals surface area contributed by atoms with E-state index in [2.05, 4.69) is 15.1 Å². The first-order chi connectivity index (χ1) is 9.06. The summed E-state index contributed by atoms with van der Waals surface area (Å²) in [5.41, 5.74) is 1.43.